The minimum Gasteiger partial charge on any atom is -0.381 e. The van der Waals surface area contributed by atoms with E-state index in [9.17, 15) is 9.59 Å². The molecular weight excluding hydrogens is 260 g/mol. The van der Waals surface area contributed by atoms with Crippen LogP contribution in [0.25, 0.3) is 11.3 Å². The Hall–Kier alpha value is -2.83. The molecule has 1 aromatic heterocycles. The first-order chi connectivity index (χ1) is 9.65. The van der Waals surface area contributed by atoms with Crippen LogP contribution in [0.3, 0.4) is 0 Å². The zero-order valence-electron chi connectivity index (χ0n) is 10.5. The lowest BCUT2D eigenvalue weighted by Gasteiger charge is -2.26. The number of carbonyl (C=O) groups is 2. The van der Waals surface area contributed by atoms with Gasteiger partial charge >= 0.3 is 11.8 Å². The van der Waals surface area contributed by atoms with Gasteiger partial charge in [-0.15, -0.1) is 0 Å². The first-order valence-electron chi connectivity index (χ1n) is 6.07. The van der Waals surface area contributed by atoms with E-state index in [2.05, 4.69) is 10.5 Å². The van der Waals surface area contributed by atoms with E-state index in [1.54, 1.807) is 24.3 Å². The highest BCUT2D eigenvalue weighted by molar-refractivity contribution is 6.41. The number of benzene rings is 1. The van der Waals surface area contributed by atoms with Gasteiger partial charge in [-0.3, -0.25) is 9.59 Å². The molecule has 0 bridgehead atoms. The fraction of sp³-hybridized carbons (Fsp3) is 0.154. The van der Waals surface area contributed by atoms with Crippen molar-refractivity contribution in [2.45, 2.75) is 0 Å². The van der Waals surface area contributed by atoms with Crippen LogP contribution in [0.4, 0.5) is 11.5 Å². The number of nitrogens with one attached hydrogen (secondary N) is 1. The quantitative estimate of drug-likeness (QED) is 0.770. The largest absolute Gasteiger partial charge is 0.381 e. The molecule has 0 atom stereocenters. The van der Waals surface area contributed by atoms with Gasteiger partial charge < -0.3 is 20.5 Å². The van der Waals surface area contributed by atoms with Gasteiger partial charge in [-0.1, -0.05) is 17.3 Å². The smallest absolute Gasteiger partial charge is 0.316 e. The van der Waals surface area contributed by atoms with Gasteiger partial charge in [0.15, 0.2) is 11.6 Å². The fourth-order valence-corrected chi connectivity index (χ4v) is 2.08. The molecular formula is C13H12N4O3. The zero-order chi connectivity index (χ0) is 14.1. The van der Waals surface area contributed by atoms with Gasteiger partial charge in [-0.25, -0.2) is 0 Å². The van der Waals surface area contributed by atoms with Crippen LogP contribution in [0.5, 0.6) is 0 Å². The summed E-state index contributed by atoms with van der Waals surface area (Å²) in [6, 6.07) is 8.72. The predicted molar refractivity (Wildman–Crippen MR) is 71.7 cm³/mol. The summed E-state index contributed by atoms with van der Waals surface area (Å²) in [7, 11) is 0. The topological polar surface area (TPSA) is 101 Å². The van der Waals surface area contributed by atoms with E-state index in [1.807, 2.05) is 6.07 Å². The van der Waals surface area contributed by atoms with E-state index in [0.29, 0.717) is 30.4 Å². The monoisotopic (exact) mass is 272 g/mol. The Bertz CT molecular complexity index is 680. The average Bonchev–Trinajstić information content (AvgIpc) is 2.89. The highest BCUT2D eigenvalue weighted by atomic mass is 16.5. The molecule has 0 unspecified atom stereocenters. The van der Waals surface area contributed by atoms with Gasteiger partial charge in [0, 0.05) is 30.4 Å². The van der Waals surface area contributed by atoms with Crippen LogP contribution < -0.4 is 16.0 Å². The van der Waals surface area contributed by atoms with Crippen LogP contribution in [0.2, 0.25) is 0 Å². The fourth-order valence-electron chi connectivity index (χ4n) is 2.08. The second-order valence-electron chi connectivity index (χ2n) is 4.38. The van der Waals surface area contributed by atoms with Gasteiger partial charge in [0.1, 0.15) is 0 Å². The molecule has 0 saturated carbocycles. The number of hydrogen-bond donors (Lipinski definition) is 2. The third kappa shape index (κ3) is 2.09. The Kier molecular flexibility index (Phi) is 2.86. The highest BCUT2D eigenvalue weighted by Crippen LogP contribution is 2.26. The van der Waals surface area contributed by atoms with Gasteiger partial charge in [0.25, 0.3) is 0 Å². The number of nitrogens with two attached hydrogens (primary N) is 1. The van der Waals surface area contributed by atoms with E-state index in [4.69, 9.17) is 10.3 Å². The van der Waals surface area contributed by atoms with Crippen molar-refractivity contribution < 1.29 is 14.1 Å². The number of aromatic nitrogens is 1. The first kappa shape index (κ1) is 12.2. The summed E-state index contributed by atoms with van der Waals surface area (Å²) in [6.45, 7) is 0.872. The lowest BCUT2D eigenvalue weighted by Crippen LogP contribution is -2.52. The second kappa shape index (κ2) is 4.69. The standard InChI is InChI=1S/C13H12N4O3/c14-11-7-10(20-16-11)8-2-1-3-9(6-8)17-5-4-15-12(18)13(17)19/h1-3,6-7H,4-5H2,(H2,14,16)(H,15,18). The zero-order valence-corrected chi connectivity index (χ0v) is 10.5. The minimum absolute atomic E-state index is 0.291. The molecule has 1 aliphatic rings. The van der Waals surface area contributed by atoms with Crippen molar-refractivity contribution in [2.75, 3.05) is 23.7 Å². The van der Waals surface area contributed by atoms with Crippen LogP contribution in [0.15, 0.2) is 34.9 Å². The number of hydrogen-bond acceptors (Lipinski definition) is 5. The van der Waals surface area contributed by atoms with E-state index in [1.165, 1.54) is 4.90 Å². The molecule has 2 aromatic rings. The van der Waals surface area contributed by atoms with Crippen molar-refractivity contribution in [3.63, 3.8) is 0 Å². The summed E-state index contributed by atoms with van der Waals surface area (Å²) >= 11 is 0. The average molecular weight is 272 g/mol. The maximum atomic E-state index is 11.8. The molecule has 0 spiro atoms. The lowest BCUT2D eigenvalue weighted by atomic mass is 10.1. The van der Waals surface area contributed by atoms with Crippen molar-refractivity contribution in [3.8, 4) is 11.3 Å². The molecule has 1 saturated heterocycles. The molecule has 102 valence electrons. The molecule has 2 heterocycles. The van der Waals surface area contributed by atoms with E-state index >= 15 is 0 Å². The molecule has 3 N–H and O–H groups in total. The summed E-state index contributed by atoms with van der Waals surface area (Å²) in [5.74, 6) is -0.354. The molecule has 0 radical (unpaired) electrons. The predicted octanol–water partition coefficient (Wildman–Crippen LogP) is 0.387. The Labute approximate surface area is 114 Å². The number of anilines is 2. The Morgan fingerprint density at radius 3 is 2.90 bits per heavy atom. The van der Waals surface area contributed by atoms with Crippen LogP contribution in [0.1, 0.15) is 0 Å². The normalized spacial score (nSPS) is 15.3. The maximum absolute atomic E-state index is 11.8. The van der Waals surface area contributed by atoms with Gasteiger partial charge in [0.2, 0.25) is 0 Å². The molecule has 7 nitrogen and oxygen atoms in total. The molecule has 20 heavy (non-hydrogen) atoms. The van der Waals surface area contributed by atoms with Crippen LogP contribution >= 0.6 is 0 Å². The summed E-state index contributed by atoms with van der Waals surface area (Å²) in [5.41, 5.74) is 6.89. The number of amides is 2. The summed E-state index contributed by atoms with van der Waals surface area (Å²) < 4.78 is 5.08. The highest BCUT2D eigenvalue weighted by Gasteiger charge is 2.27. The van der Waals surface area contributed by atoms with Gasteiger partial charge in [0.05, 0.1) is 0 Å². The second-order valence-corrected chi connectivity index (χ2v) is 4.38. The Morgan fingerprint density at radius 2 is 2.15 bits per heavy atom. The summed E-state index contributed by atoms with van der Waals surface area (Å²) in [5, 5.41) is 6.13. The van der Waals surface area contributed by atoms with Crippen LogP contribution in [-0.2, 0) is 9.59 Å². The number of piperazine rings is 1. The van der Waals surface area contributed by atoms with Crippen molar-refractivity contribution in [1.82, 2.24) is 10.5 Å². The van der Waals surface area contributed by atoms with E-state index in [-0.39, 0.29) is 0 Å². The molecule has 0 aliphatic carbocycles. The van der Waals surface area contributed by atoms with Crippen LogP contribution in [-0.4, -0.2) is 30.1 Å². The number of rotatable bonds is 2. The van der Waals surface area contributed by atoms with Crippen molar-refractivity contribution in [3.05, 3.63) is 30.3 Å². The first-order valence-corrected chi connectivity index (χ1v) is 6.07. The number of carbonyl (C=O) groups excluding carboxylic acids is 2. The number of nitrogen functional groups attached to an aromatic ring is 1. The van der Waals surface area contributed by atoms with Crippen molar-refractivity contribution >= 4 is 23.3 Å². The van der Waals surface area contributed by atoms with Crippen molar-refractivity contribution in [1.29, 1.82) is 0 Å². The third-order valence-electron chi connectivity index (χ3n) is 3.03. The molecule has 2 amide bonds. The van der Waals surface area contributed by atoms with Crippen molar-refractivity contribution in [2.24, 2.45) is 0 Å². The SMILES string of the molecule is Nc1cc(-c2cccc(N3CCNC(=O)C3=O)c2)on1. The van der Waals surface area contributed by atoms with E-state index < -0.39 is 11.8 Å². The van der Waals surface area contributed by atoms with Gasteiger partial charge in [-0.05, 0) is 12.1 Å². The summed E-state index contributed by atoms with van der Waals surface area (Å²) in [6.07, 6.45) is 0. The Balaban J connectivity index is 1.95. The van der Waals surface area contributed by atoms with E-state index in [0.717, 1.165) is 5.56 Å². The Morgan fingerprint density at radius 1 is 1.30 bits per heavy atom. The molecule has 1 aliphatic heterocycles. The van der Waals surface area contributed by atoms with Crippen LogP contribution in [0, 0.1) is 0 Å². The molecule has 7 heteroatoms. The lowest BCUT2D eigenvalue weighted by molar-refractivity contribution is -0.138. The van der Waals surface area contributed by atoms with Gasteiger partial charge in [-0.2, -0.15) is 0 Å². The maximum Gasteiger partial charge on any atom is 0.316 e. The summed E-state index contributed by atoms with van der Waals surface area (Å²) in [4.78, 5) is 24.7. The number of nitrogens with zero attached hydrogens (tertiary/aromatic N) is 2. The molecule has 1 fully saturated rings. The molecule has 3 rings (SSSR count). The third-order valence-corrected chi connectivity index (χ3v) is 3.03. The minimum atomic E-state index is -0.592. The molecule has 1 aromatic carbocycles.